The number of hydrogen-bond donors (Lipinski definition) is 1. The lowest BCUT2D eigenvalue weighted by Gasteiger charge is -2.32. The summed E-state index contributed by atoms with van der Waals surface area (Å²) in [6.45, 7) is 8.24. The van der Waals surface area contributed by atoms with Crippen molar-refractivity contribution in [1.29, 1.82) is 0 Å². The first kappa shape index (κ1) is 13.5. The number of nitrogens with zero attached hydrogens (tertiary/aromatic N) is 2. The highest BCUT2D eigenvalue weighted by Gasteiger charge is 2.12. The van der Waals surface area contributed by atoms with Crippen LogP contribution in [0.4, 0.5) is 0 Å². The van der Waals surface area contributed by atoms with Gasteiger partial charge in [0.05, 0.1) is 0 Å². The van der Waals surface area contributed by atoms with Crippen LogP contribution >= 0.6 is 0 Å². The van der Waals surface area contributed by atoms with Gasteiger partial charge in [0.15, 0.2) is 0 Å². The van der Waals surface area contributed by atoms with Gasteiger partial charge in [-0.3, -0.25) is 0 Å². The summed E-state index contributed by atoms with van der Waals surface area (Å²) in [5, 5.41) is 3.51. The third kappa shape index (κ3) is 4.77. The van der Waals surface area contributed by atoms with Crippen molar-refractivity contribution in [3.8, 4) is 0 Å². The van der Waals surface area contributed by atoms with Crippen LogP contribution in [0, 0.1) is 0 Å². The zero-order valence-electron chi connectivity index (χ0n) is 11.4. The molecule has 18 heavy (non-hydrogen) atoms. The number of likely N-dealkylation sites (N-methyl/N-ethyl adjacent to an activating group) is 1. The Morgan fingerprint density at radius 1 is 1.06 bits per heavy atom. The Hall–Kier alpha value is -0.900. The fourth-order valence-corrected chi connectivity index (χ4v) is 2.33. The topological polar surface area (TPSA) is 18.5 Å². The maximum absolute atomic E-state index is 3.51. The Morgan fingerprint density at radius 3 is 2.50 bits per heavy atom. The molecule has 1 aromatic rings. The highest BCUT2D eigenvalue weighted by Crippen LogP contribution is 2.00. The van der Waals surface area contributed by atoms with Crippen molar-refractivity contribution in [3.05, 3.63) is 35.9 Å². The van der Waals surface area contributed by atoms with E-state index in [9.17, 15) is 0 Å². The lowest BCUT2D eigenvalue weighted by Crippen LogP contribution is -2.45. The van der Waals surface area contributed by atoms with Crippen LogP contribution in [0.1, 0.15) is 12.0 Å². The van der Waals surface area contributed by atoms with E-state index in [0.29, 0.717) is 0 Å². The average Bonchev–Trinajstić information content (AvgIpc) is 2.42. The van der Waals surface area contributed by atoms with Gasteiger partial charge in [0.2, 0.25) is 0 Å². The number of nitrogens with one attached hydrogen (secondary N) is 1. The van der Waals surface area contributed by atoms with Gasteiger partial charge >= 0.3 is 0 Å². The van der Waals surface area contributed by atoms with Gasteiger partial charge in [-0.25, -0.2) is 0 Å². The second kappa shape index (κ2) is 7.52. The van der Waals surface area contributed by atoms with Crippen LogP contribution in [0.5, 0.6) is 0 Å². The minimum Gasteiger partial charge on any atom is -0.313 e. The number of benzene rings is 1. The van der Waals surface area contributed by atoms with E-state index in [1.807, 2.05) is 0 Å². The predicted octanol–water partition coefficient (Wildman–Crippen LogP) is 1.41. The molecule has 0 spiro atoms. The Morgan fingerprint density at radius 2 is 1.78 bits per heavy atom. The Bertz CT molecular complexity index is 318. The average molecular weight is 247 g/mol. The predicted molar refractivity (Wildman–Crippen MR) is 76.7 cm³/mol. The summed E-state index contributed by atoms with van der Waals surface area (Å²) < 4.78 is 0. The van der Waals surface area contributed by atoms with Crippen LogP contribution in [0.2, 0.25) is 0 Å². The molecule has 0 radical (unpaired) electrons. The highest BCUT2D eigenvalue weighted by atomic mass is 15.2. The van der Waals surface area contributed by atoms with E-state index in [-0.39, 0.29) is 0 Å². The second-order valence-electron chi connectivity index (χ2n) is 5.16. The zero-order chi connectivity index (χ0) is 12.6. The van der Waals surface area contributed by atoms with E-state index in [0.717, 1.165) is 13.1 Å². The summed E-state index contributed by atoms with van der Waals surface area (Å²) in [6.07, 6.45) is 1.25. The minimum atomic E-state index is 0.990. The van der Waals surface area contributed by atoms with Crippen molar-refractivity contribution in [2.24, 2.45) is 0 Å². The van der Waals surface area contributed by atoms with Crippen LogP contribution < -0.4 is 5.32 Å². The molecule has 1 aromatic carbocycles. The largest absolute Gasteiger partial charge is 0.313 e. The monoisotopic (exact) mass is 247 g/mol. The third-order valence-electron chi connectivity index (χ3n) is 3.60. The van der Waals surface area contributed by atoms with Crippen LogP contribution in [-0.4, -0.2) is 56.1 Å². The van der Waals surface area contributed by atoms with E-state index in [4.69, 9.17) is 0 Å². The summed E-state index contributed by atoms with van der Waals surface area (Å²) in [6, 6.07) is 10.6. The molecular weight excluding hydrogens is 222 g/mol. The van der Waals surface area contributed by atoms with Gasteiger partial charge in [0, 0.05) is 32.7 Å². The molecule has 0 amide bonds. The van der Waals surface area contributed by atoms with Gasteiger partial charge in [0.1, 0.15) is 0 Å². The fraction of sp³-hybridized carbons (Fsp3) is 0.600. The summed E-state index contributed by atoms with van der Waals surface area (Å²) in [4.78, 5) is 4.98. The van der Waals surface area contributed by atoms with Crippen LogP contribution in [0.15, 0.2) is 30.3 Å². The second-order valence-corrected chi connectivity index (χ2v) is 5.16. The van der Waals surface area contributed by atoms with Crippen molar-refractivity contribution < 1.29 is 0 Å². The molecule has 1 heterocycles. The molecule has 2 rings (SSSR count). The zero-order valence-corrected chi connectivity index (χ0v) is 11.4. The summed E-state index contributed by atoms with van der Waals surface area (Å²) in [5.74, 6) is 0. The first-order chi connectivity index (χ1) is 8.84. The first-order valence-electron chi connectivity index (χ1n) is 7.00. The van der Waals surface area contributed by atoms with E-state index >= 15 is 0 Å². The summed E-state index contributed by atoms with van der Waals surface area (Å²) >= 11 is 0. The summed E-state index contributed by atoms with van der Waals surface area (Å²) in [7, 11) is 2.21. The Labute approximate surface area is 111 Å². The molecule has 100 valence electrons. The van der Waals surface area contributed by atoms with Crippen molar-refractivity contribution in [3.63, 3.8) is 0 Å². The highest BCUT2D eigenvalue weighted by molar-refractivity contribution is 5.14. The summed E-state index contributed by atoms with van der Waals surface area (Å²) in [5.41, 5.74) is 1.37. The third-order valence-corrected chi connectivity index (χ3v) is 3.60. The number of rotatable bonds is 6. The molecule has 0 aromatic heterocycles. The molecular formula is C15H25N3. The van der Waals surface area contributed by atoms with Gasteiger partial charge in [0.25, 0.3) is 0 Å². The maximum atomic E-state index is 3.51. The van der Waals surface area contributed by atoms with Crippen LogP contribution in [0.3, 0.4) is 0 Å². The molecule has 1 aliphatic rings. The molecule has 0 bridgehead atoms. The van der Waals surface area contributed by atoms with Crippen molar-refractivity contribution in [1.82, 2.24) is 15.1 Å². The molecule has 1 fully saturated rings. The van der Waals surface area contributed by atoms with E-state index in [1.165, 1.54) is 44.7 Å². The first-order valence-corrected chi connectivity index (χ1v) is 7.00. The van der Waals surface area contributed by atoms with Gasteiger partial charge in [-0.15, -0.1) is 0 Å². The van der Waals surface area contributed by atoms with E-state index in [2.05, 4.69) is 52.5 Å². The van der Waals surface area contributed by atoms with Crippen LogP contribution in [0.25, 0.3) is 0 Å². The molecule has 1 N–H and O–H groups in total. The minimum absolute atomic E-state index is 0.990. The quantitative estimate of drug-likeness (QED) is 0.767. The normalized spacial score (nSPS) is 18.1. The number of piperazine rings is 1. The molecule has 3 nitrogen and oxygen atoms in total. The number of hydrogen-bond acceptors (Lipinski definition) is 3. The van der Waals surface area contributed by atoms with Gasteiger partial charge < -0.3 is 15.1 Å². The molecule has 1 aliphatic heterocycles. The standard InChI is InChI=1S/C15H25N3/c1-17-10-12-18(13-11-17)9-5-8-16-14-15-6-3-2-4-7-15/h2-4,6-7,16H,5,8-14H2,1H3. The van der Waals surface area contributed by atoms with Crippen molar-refractivity contribution >= 4 is 0 Å². The van der Waals surface area contributed by atoms with Crippen molar-refractivity contribution in [2.45, 2.75) is 13.0 Å². The molecule has 3 heteroatoms. The van der Waals surface area contributed by atoms with E-state index < -0.39 is 0 Å². The van der Waals surface area contributed by atoms with Gasteiger partial charge in [-0.05, 0) is 32.1 Å². The maximum Gasteiger partial charge on any atom is 0.0205 e. The Kier molecular flexibility index (Phi) is 5.65. The molecule has 0 atom stereocenters. The lowest BCUT2D eigenvalue weighted by atomic mass is 10.2. The fourth-order valence-electron chi connectivity index (χ4n) is 2.33. The lowest BCUT2D eigenvalue weighted by molar-refractivity contribution is 0.153. The SMILES string of the molecule is CN1CCN(CCCNCc2ccccc2)CC1. The molecule has 0 aliphatic carbocycles. The molecule has 1 saturated heterocycles. The van der Waals surface area contributed by atoms with Crippen LogP contribution in [-0.2, 0) is 6.54 Å². The Balaban J connectivity index is 1.51. The molecule has 0 unspecified atom stereocenters. The van der Waals surface area contributed by atoms with Gasteiger partial charge in [-0.2, -0.15) is 0 Å². The van der Waals surface area contributed by atoms with Gasteiger partial charge in [-0.1, -0.05) is 30.3 Å². The molecule has 0 saturated carbocycles. The van der Waals surface area contributed by atoms with E-state index in [1.54, 1.807) is 0 Å². The smallest absolute Gasteiger partial charge is 0.0205 e. The van der Waals surface area contributed by atoms with Crippen molar-refractivity contribution in [2.75, 3.05) is 46.3 Å².